The van der Waals surface area contributed by atoms with Crippen molar-refractivity contribution in [3.8, 4) is 0 Å². The molecule has 0 saturated carbocycles. The van der Waals surface area contributed by atoms with Gasteiger partial charge in [0.1, 0.15) is 0 Å². The quantitative estimate of drug-likeness (QED) is 0.757. The first kappa shape index (κ1) is 10.3. The van der Waals surface area contributed by atoms with Gasteiger partial charge in [-0.2, -0.15) is 0 Å². The summed E-state index contributed by atoms with van der Waals surface area (Å²) in [6.45, 7) is 7.64. The summed E-state index contributed by atoms with van der Waals surface area (Å²) < 4.78 is 2.19. The van der Waals surface area contributed by atoms with Gasteiger partial charge in [0.25, 0.3) is 0 Å². The van der Waals surface area contributed by atoms with E-state index < -0.39 is 0 Å². The van der Waals surface area contributed by atoms with Gasteiger partial charge in [-0.05, 0) is 31.4 Å². The predicted octanol–water partition coefficient (Wildman–Crippen LogP) is 2.20. The molecule has 0 atom stereocenters. The highest BCUT2D eigenvalue weighted by Gasteiger charge is 2.06. The normalized spacial score (nSPS) is 11.2. The molecule has 0 aliphatic heterocycles. The van der Waals surface area contributed by atoms with Crippen LogP contribution in [-0.2, 0) is 19.6 Å². The number of aliphatic hydroxyl groups excluding tert-OH is 1. The van der Waals surface area contributed by atoms with E-state index in [1.807, 2.05) is 6.07 Å². The van der Waals surface area contributed by atoms with Crippen molar-refractivity contribution in [2.45, 2.75) is 40.3 Å². The van der Waals surface area contributed by atoms with E-state index in [0.717, 1.165) is 18.7 Å². The van der Waals surface area contributed by atoms with Crippen LogP contribution in [0.2, 0.25) is 0 Å². The second-order valence-corrected chi connectivity index (χ2v) is 3.82. The number of hydrogen-bond acceptors (Lipinski definition) is 1. The number of rotatable bonds is 4. The summed E-state index contributed by atoms with van der Waals surface area (Å²) in [5.74, 6) is 0.673. The van der Waals surface area contributed by atoms with E-state index in [9.17, 15) is 0 Å². The Morgan fingerprint density at radius 3 is 2.38 bits per heavy atom. The first-order chi connectivity index (χ1) is 6.19. The molecular formula is C11H19NO. The molecule has 74 valence electrons. The van der Waals surface area contributed by atoms with E-state index in [4.69, 9.17) is 5.11 Å². The molecule has 0 saturated heterocycles. The minimum atomic E-state index is 0.145. The van der Waals surface area contributed by atoms with Crippen molar-refractivity contribution < 1.29 is 5.11 Å². The monoisotopic (exact) mass is 181 g/mol. The average Bonchev–Trinajstić information content (AvgIpc) is 2.45. The van der Waals surface area contributed by atoms with Crippen molar-refractivity contribution in [2.75, 3.05) is 0 Å². The largest absolute Gasteiger partial charge is 0.390 e. The first-order valence-electron chi connectivity index (χ1n) is 4.97. The van der Waals surface area contributed by atoms with Gasteiger partial charge in [0.15, 0.2) is 0 Å². The zero-order valence-electron chi connectivity index (χ0n) is 8.75. The molecule has 0 spiro atoms. The van der Waals surface area contributed by atoms with E-state index in [0.29, 0.717) is 5.92 Å². The Labute approximate surface area is 80.2 Å². The van der Waals surface area contributed by atoms with Crippen LogP contribution in [0.4, 0.5) is 0 Å². The van der Waals surface area contributed by atoms with E-state index in [2.05, 4.69) is 31.4 Å². The standard InChI is InChI=1S/C11H19NO/c1-4-12-10(7-9(2)3)5-6-11(12)8-13/h5-6,9,13H,4,7-8H2,1-3H3. The van der Waals surface area contributed by atoms with Crippen LogP contribution in [0.5, 0.6) is 0 Å². The van der Waals surface area contributed by atoms with Gasteiger partial charge in [-0.3, -0.25) is 0 Å². The van der Waals surface area contributed by atoms with Crippen LogP contribution in [0, 0.1) is 5.92 Å². The Morgan fingerprint density at radius 1 is 1.31 bits per heavy atom. The van der Waals surface area contributed by atoms with E-state index in [-0.39, 0.29) is 6.61 Å². The Kier molecular flexibility index (Phi) is 3.55. The highest BCUT2D eigenvalue weighted by Crippen LogP contribution is 2.13. The molecule has 2 heteroatoms. The van der Waals surface area contributed by atoms with E-state index >= 15 is 0 Å². The third-order valence-corrected chi connectivity index (χ3v) is 2.26. The van der Waals surface area contributed by atoms with Gasteiger partial charge in [-0.25, -0.2) is 0 Å². The minimum absolute atomic E-state index is 0.145. The van der Waals surface area contributed by atoms with Crippen molar-refractivity contribution in [3.63, 3.8) is 0 Å². The molecule has 0 amide bonds. The fourth-order valence-corrected chi connectivity index (χ4v) is 1.70. The predicted molar refractivity (Wildman–Crippen MR) is 54.6 cm³/mol. The molecule has 2 nitrogen and oxygen atoms in total. The molecule has 13 heavy (non-hydrogen) atoms. The molecule has 1 aromatic heterocycles. The number of aromatic nitrogens is 1. The van der Waals surface area contributed by atoms with Crippen LogP contribution in [0.1, 0.15) is 32.2 Å². The van der Waals surface area contributed by atoms with E-state index in [1.165, 1.54) is 5.69 Å². The first-order valence-corrected chi connectivity index (χ1v) is 4.97. The lowest BCUT2D eigenvalue weighted by Crippen LogP contribution is -2.07. The van der Waals surface area contributed by atoms with Gasteiger partial charge in [0, 0.05) is 17.9 Å². The molecular weight excluding hydrogens is 162 g/mol. The van der Waals surface area contributed by atoms with Gasteiger partial charge < -0.3 is 9.67 Å². The highest BCUT2D eigenvalue weighted by atomic mass is 16.3. The number of nitrogens with zero attached hydrogens (tertiary/aromatic N) is 1. The van der Waals surface area contributed by atoms with Crippen LogP contribution in [0.25, 0.3) is 0 Å². The summed E-state index contributed by atoms with van der Waals surface area (Å²) in [6, 6.07) is 4.14. The third-order valence-electron chi connectivity index (χ3n) is 2.26. The summed E-state index contributed by atoms with van der Waals surface area (Å²) in [5.41, 5.74) is 2.36. The Bertz CT molecular complexity index is 263. The Morgan fingerprint density at radius 2 is 1.92 bits per heavy atom. The summed E-state index contributed by atoms with van der Waals surface area (Å²) >= 11 is 0. The zero-order valence-corrected chi connectivity index (χ0v) is 8.75. The molecule has 1 aromatic rings. The van der Waals surface area contributed by atoms with E-state index in [1.54, 1.807) is 0 Å². The van der Waals surface area contributed by atoms with Crippen molar-refractivity contribution in [1.29, 1.82) is 0 Å². The lowest BCUT2D eigenvalue weighted by Gasteiger charge is -2.11. The minimum Gasteiger partial charge on any atom is -0.390 e. The SMILES string of the molecule is CCn1c(CO)ccc1CC(C)C. The third kappa shape index (κ3) is 2.34. The zero-order chi connectivity index (χ0) is 9.84. The van der Waals surface area contributed by atoms with Crippen molar-refractivity contribution >= 4 is 0 Å². The van der Waals surface area contributed by atoms with Gasteiger partial charge in [-0.15, -0.1) is 0 Å². The average molecular weight is 181 g/mol. The molecule has 0 aliphatic rings. The maximum absolute atomic E-state index is 9.08. The number of hydrogen-bond donors (Lipinski definition) is 1. The molecule has 0 fully saturated rings. The molecule has 0 radical (unpaired) electrons. The van der Waals surface area contributed by atoms with Crippen molar-refractivity contribution in [1.82, 2.24) is 4.57 Å². The fourth-order valence-electron chi connectivity index (χ4n) is 1.70. The molecule has 1 rings (SSSR count). The summed E-state index contributed by atoms with van der Waals surface area (Å²) in [4.78, 5) is 0. The van der Waals surface area contributed by atoms with Gasteiger partial charge in [-0.1, -0.05) is 13.8 Å². The Balaban J connectivity index is 2.87. The topological polar surface area (TPSA) is 25.2 Å². The van der Waals surface area contributed by atoms with Crippen LogP contribution >= 0.6 is 0 Å². The maximum atomic E-state index is 9.08. The number of aliphatic hydroxyl groups is 1. The Hall–Kier alpha value is -0.760. The van der Waals surface area contributed by atoms with Crippen LogP contribution in [-0.4, -0.2) is 9.67 Å². The molecule has 1 heterocycles. The fraction of sp³-hybridized carbons (Fsp3) is 0.636. The smallest absolute Gasteiger partial charge is 0.0832 e. The van der Waals surface area contributed by atoms with Gasteiger partial charge >= 0.3 is 0 Å². The van der Waals surface area contributed by atoms with Crippen molar-refractivity contribution in [3.05, 3.63) is 23.5 Å². The lowest BCUT2D eigenvalue weighted by molar-refractivity contribution is 0.270. The van der Waals surface area contributed by atoms with Crippen LogP contribution < -0.4 is 0 Å². The summed E-state index contributed by atoms with van der Waals surface area (Å²) in [6.07, 6.45) is 1.09. The summed E-state index contributed by atoms with van der Waals surface area (Å²) in [5, 5.41) is 9.08. The molecule has 0 unspecified atom stereocenters. The van der Waals surface area contributed by atoms with Gasteiger partial charge in [0.05, 0.1) is 6.61 Å². The molecule has 0 bridgehead atoms. The van der Waals surface area contributed by atoms with Crippen LogP contribution in [0.15, 0.2) is 12.1 Å². The van der Waals surface area contributed by atoms with Gasteiger partial charge in [0.2, 0.25) is 0 Å². The highest BCUT2D eigenvalue weighted by molar-refractivity contribution is 5.16. The molecule has 1 N–H and O–H groups in total. The second-order valence-electron chi connectivity index (χ2n) is 3.82. The summed E-state index contributed by atoms with van der Waals surface area (Å²) in [7, 11) is 0. The second kappa shape index (κ2) is 4.47. The van der Waals surface area contributed by atoms with Crippen molar-refractivity contribution in [2.24, 2.45) is 5.92 Å². The maximum Gasteiger partial charge on any atom is 0.0832 e. The van der Waals surface area contributed by atoms with Crippen LogP contribution in [0.3, 0.4) is 0 Å². The molecule has 0 aliphatic carbocycles. The lowest BCUT2D eigenvalue weighted by atomic mass is 10.1. The molecule has 0 aromatic carbocycles.